The van der Waals surface area contributed by atoms with Gasteiger partial charge in [-0.2, -0.15) is 0 Å². The van der Waals surface area contributed by atoms with Crippen LogP contribution in [0.5, 0.6) is 0 Å². The lowest BCUT2D eigenvalue weighted by molar-refractivity contribution is 0.0952. The van der Waals surface area contributed by atoms with Gasteiger partial charge in [0.15, 0.2) is 0 Å². The van der Waals surface area contributed by atoms with Crippen LogP contribution in [-0.2, 0) is 6.54 Å². The number of nitrogens with one attached hydrogen (secondary N) is 2. The summed E-state index contributed by atoms with van der Waals surface area (Å²) < 4.78 is 1.66. The third-order valence-electron chi connectivity index (χ3n) is 2.69. The molecule has 1 amide bonds. The van der Waals surface area contributed by atoms with Crippen molar-refractivity contribution in [1.82, 2.24) is 20.3 Å². The number of halogens is 1. The Labute approximate surface area is 122 Å². The summed E-state index contributed by atoms with van der Waals surface area (Å²) in [5.41, 5.74) is 1.31. The Morgan fingerprint density at radius 2 is 2.30 bits per heavy atom. The van der Waals surface area contributed by atoms with Gasteiger partial charge in [-0.15, -0.1) is 5.10 Å². The fourth-order valence-corrected chi connectivity index (χ4v) is 1.95. The summed E-state index contributed by atoms with van der Waals surface area (Å²) >= 11 is 5.95. The van der Waals surface area contributed by atoms with Crippen molar-refractivity contribution in [3.8, 4) is 0 Å². The molecule has 0 aliphatic rings. The molecule has 0 bridgehead atoms. The molecule has 20 heavy (non-hydrogen) atoms. The molecule has 2 rings (SSSR count). The van der Waals surface area contributed by atoms with Crippen molar-refractivity contribution in [3.05, 3.63) is 41.2 Å². The number of amides is 1. The van der Waals surface area contributed by atoms with Gasteiger partial charge in [-0.1, -0.05) is 16.8 Å². The van der Waals surface area contributed by atoms with Gasteiger partial charge in [0.25, 0.3) is 5.91 Å². The topological polar surface area (TPSA) is 71.8 Å². The average molecular weight is 294 g/mol. The van der Waals surface area contributed by atoms with Crippen LogP contribution < -0.4 is 10.6 Å². The molecule has 0 unspecified atom stereocenters. The summed E-state index contributed by atoms with van der Waals surface area (Å²) in [4.78, 5) is 12.2. The van der Waals surface area contributed by atoms with E-state index in [2.05, 4.69) is 20.9 Å². The molecule has 7 heteroatoms. The lowest BCUT2D eigenvalue weighted by atomic mass is 10.1. The van der Waals surface area contributed by atoms with E-state index < -0.39 is 0 Å². The predicted molar refractivity (Wildman–Crippen MR) is 78.0 cm³/mol. The second-order valence-electron chi connectivity index (χ2n) is 4.14. The molecule has 106 valence electrons. The molecule has 0 atom stereocenters. The van der Waals surface area contributed by atoms with Gasteiger partial charge in [0.2, 0.25) is 0 Å². The van der Waals surface area contributed by atoms with E-state index in [1.807, 2.05) is 6.92 Å². The summed E-state index contributed by atoms with van der Waals surface area (Å²) in [6.45, 7) is 3.75. The normalized spacial score (nSPS) is 10.3. The SMILES string of the molecule is CCNc1ccc(Cl)cc1C(=O)NCCn1ccnn1. The summed E-state index contributed by atoms with van der Waals surface area (Å²) in [6.07, 6.45) is 3.34. The monoisotopic (exact) mass is 293 g/mol. The van der Waals surface area contributed by atoms with Crippen molar-refractivity contribution in [1.29, 1.82) is 0 Å². The van der Waals surface area contributed by atoms with E-state index in [4.69, 9.17) is 11.6 Å². The first-order valence-corrected chi connectivity index (χ1v) is 6.74. The van der Waals surface area contributed by atoms with Crippen molar-refractivity contribution in [2.45, 2.75) is 13.5 Å². The maximum atomic E-state index is 12.2. The molecule has 2 N–H and O–H groups in total. The minimum Gasteiger partial charge on any atom is -0.385 e. The number of nitrogens with zero attached hydrogens (tertiary/aromatic N) is 3. The van der Waals surface area contributed by atoms with Gasteiger partial charge < -0.3 is 10.6 Å². The van der Waals surface area contributed by atoms with Gasteiger partial charge in [0.05, 0.1) is 18.3 Å². The lowest BCUT2D eigenvalue weighted by Crippen LogP contribution is -2.28. The molecule has 1 heterocycles. The number of benzene rings is 1. The van der Waals surface area contributed by atoms with Crippen LogP contribution in [-0.4, -0.2) is 34.0 Å². The molecular weight excluding hydrogens is 278 g/mol. The minimum atomic E-state index is -0.163. The van der Waals surface area contributed by atoms with Gasteiger partial charge >= 0.3 is 0 Å². The van der Waals surface area contributed by atoms with Crippen LogP contribution in [0.3, 0.4) is 0 Å². The molecule has 0 saturated carbocycles. The van der Waals surface area contributed by atoms with Crippen LogP contribution in [0, 0.1) is 0 Å². The molecule has 0 fully saturated rings. The van der Waals surface area contributed by atoms with E-state index in [1.54, 1.807) is 35.3 Å². The highest BCUT2D eigenvalue weighted by Gasteiger charge is 2.11. The standard InChI is InChI=1S/C13H16ClN5O/c1-2-15-12-4-3-10(14)9-11(12)13(20)16-5-7-19-8-6-17-18-19/h3-4,6,8-9,15H,2,5,7H2,1H3,(H,16,20). The summed E-state index contributed by atoms with van der Waals surface area (Å²) in [5.74, 6) is -0.163. The molecule has 0 saturated heterocycles. The summed E-state index contributed by atoms with van der Waals surface area (Å²) in [7, 11) is 0. The fourth-order valence-electron chi connectivity index (χ4n) is 1.78. The maximum absolute atomic E-state index is 12.2. The quantitative estimate of drug-likeness (QED) is 0.852. The molecule has 0 aliphatic carbocycles. The maximum Gasteiger partial charge on any atom is 0.253 e. The molecule has 1 aromatic heterocycles. The van der Waals surface area contributed by atoms with Crippen LogP contribution in [0.1, 0.15) is 17.3 Å². The van der Waals surface area contributed by atoms with Gasteiger partial charge in [0.1, 0.15) is 0 Å². The number of carbonyl (C=O) groups is 1. The van der Waals surface area contributed by atoms with E-state index in [-0.39, 0.29) is 5.91 Å². The van der Waals surface area contributed by atoms with E-state index in [9.17, 15) is 4.79 Å². The van der Waals surface area contributed by atoms with Crippen molar-refractivity contribution < 1.29 is 4.79 Å². The zero-order valence-corrected chi connectivity index (χ0v) is 11.9. The predicted octanol–water partition coefficient (Wildman–Crippen LogP) is 1.79. The number of aromatic nitrogens is 3. The zero-order chi connectivity index (χ0) is 14.4. The largest absolute Gasteiger partial charge is 0.385 e. The van der Waals surface area contributed by atoms with Gasteiger partial charge in [-0.05, 0) is 25.1 Å². The van der Waals surface area contributed by atoms with Crippen LogP contribution in [0.25, 0.3) is 0 Å². The Balaban J connectivity index is 1.99. The van der Waals surface area contributed by atoms with Crippen LogP contribution in [0.4, 0.5) is 5.69 Å². The van der Waals surface area contributed by atoms with Crippen LogP contribution in [0.15, 0.2) is 30.6 Å². The van der Waals surface area contributed by atoms with Gasteiger partial charge in [0, 0.05) is 30.0 Å². The zero-order valence-electron chi connectivity index (χ0n) is 11.1. The molecule has 0 aliphatic heterocycles. The van der Waals surface area contributed by atoms with Crippen molar-refractivity contribution in [3.63, 3.8) is 0 Å². The van der Waals surface area contributed by atoms with Gasteiger partial charge in [-0.25, -0.2) is 0 Å². The van der Waals surface area contributed by atoms with Gasteiger partial charge in [-0.3, -0.25) is 9.48 Å². The van der Waals surface area contributed by atoms with E-state index in [1.165, 1.54) is 0 Å². The highest BCUT2D eigenvalue weighted by Crippen LogP contribution is 2.20. The fraction of sp³-hybridized carbons (Fsp3) is 0.308. The van der Waals surface area contributed by atoms with Crippen LogP contribution >= 0.6 is 11.6 Å². The third-order valence-corrected chi connectivity index (χ3v) is 2.93. The number of hydrogen-bond donors (Lipinski definition) is 2. The molecule has 1 aromatic carbocycles. The average Bonchev–Trinajstić information content (AvgIpc) is 2.94. The van der Waals surface area contributed by atoms with E-state index in [0.29, 0.717) is 23.7 Å². The highest BCUT2D eigenvalue weighted by molar-refractivity contribution is 6.31. The molecule has 6 nitrogen and oxygen atoms in total. The minimum absolute atomic E-state index is 0.163. The summed E-state index contributed by atoms with van der Waals surface area (Å²) in [6, 6.07) is 5.22. The second-order valence-corrected chi connectivity index (χ2v) is 4.58. The first kappa shape index (κ1) is 14.3. The Hall–Kier alpha value is -2.08. The Kier molecular flexibility index (Phi) is 4.95. The van der Waals surface area contributed by atoms with E-state index >= 15 is 0 Å². The molecule has 2 aromatic rings. The molecule has 0 radical (unpaired) electrons. The smallest absolute Gasteiger partial charge is 0.253 e. The van der Waals surface area contributed by atoms with Crippen molar-refractivity contribution >= 4 is 23.2 Å². The Bertz CT molecular complexity index is 570. The molecule has 0 spiro atoms. The summed E-state index contributed by atoms with van der Waals surface area (Å²) in [5, 5.41) is 14.0. The van der Waals surface area contributed by atoms with Crippen molar-refractivity contribution in [2.24, 2.45) is 0 Å². The third kappa shape index (κ3) is 3.71. The Morgan fingerprint density at radius 3 is 3.00 bits per heavy atom. The first-order chi connectivity index (χ1) is 9.70. The second kappa shape index (κ2) is 6.91. The van der Waals surface area contributed by atoms with Crippen molar-refractivity contribution in [2.75, 3.05) is 18.4 Å². The van der Waals surface area contributed by atoms with E-state index in [0.717, 1.165) is 12.2 Å². The number of carbonyl (C=O) groups excluding carboxylic acids is 1. The Morgan fingerprint density at radius 1 is 1.45 bits per heavy atom. The number of anilines is 1. The lowest BCUT2D eigenvalue weighted by Gasteiger charge is -2.11. The van der Waals surface area contributed by atoms with Crippen LogP contribution in [0.2, 0.25) is 5.02 Å². The number of hydrogen-bond acceptors (Lipinski definition) is 4. The molecular formula is C13H16ClN5O. The first-order valence-electron chi connectivity index (χ1n) is 6.36. The number of rotatable bonds is 6. The highest BCUT2D eigenvalue weighted by atomic mass is 35.5.